The molecule has 2 rings (SSSR count). The van der Waals surface area contributed by atoms with Crippen molar-refractivity contribution in [1.29, 1.82) is 5.26 Å². The number of amides is 1. The second-order valence-electron chi connectivity index (χ2n) is 5.71. The molecule has 1 N–H and O–H groups in total. The minimum Gasteiger partial charge on any atom is -0.325 e. The Kier molecular flexibility index (Phi) is 6.65. The molecule has 0 saturated heterocycles. The number of hydrogen-bond donors (Lipinski definition) is 1. The van der Waals surface area contributed by atoms with Crippen LogP contribution in [0.2, 0.25) is 5.02 Å². The third kappa shape index (κ3) is 5.55. The molecule has 0 aliphatic rings. The fourth-order valence-corrected chi connectivity index (χ4v) is 3.08. The monoisotopic (exact) mass is 359 g/mol. The summed E-state index contributed by atoms with van der Waals surface area (Å²) in [6.07, 6.45) is 0.841. The van der Waals surface area contributed by atoms with Crippen molar-refractivity contribution in [3.05, 3.63) is 52.7 Å². The van der Waals surface area contributed by atoms with Crippen molar-refractivity contribution in [2.24, 2.45) is 5.92 Å². The van der Waals surface area contributed by atoms with E-state index in [1.54, 1.807) is 30.3 Å². The average molecular weight is 360 g/mol. The zero-order valence-electron chi connectivity index (χ0n) is 13.5. The molecule has 0 spiro atoms. The highest BCUT2D eigenvalue weighted by Gasteiger charge is 2.11. The lowest BCUT2D eigenvalue weighted by Gasteiger charge is -2.09. The molecule has 2 aromatic rings. The minimum atomic E-state index is -0.165. The molecule has 124 valence electrons. The quantitative estimate of drug-likeness (QED) is 0.769. The molecule has 0 saturated carbocycles. The van der Waals surface area contributed by atoms with Gasteiger partial charge in [-0.15, -0.1) is 0 Å². The maximum absolute atomic E-state index is 12.1. The summed E-state index contributed by atoms with van der Waals surface area (Å²) in [5.74, 6) is 0.496. The number of benzene rings is 1. The van der Waals surface area contributed by atoms with E-state index in [0.29, 0.717) is 27.2 Å². The number of anilines is 1. The molecule has 0 radical (unpaired) electrons. The number of nitriles is 1. The number of thioether (sulfide) groups is 1. The van der Waals surface area contributed by atoms with Gasteiger partial charge in [0.15, 0.2) is 0 Å². The van der Waals surface area contributed by atoms with Crippen LogP contribution in [0.4, 0.5) is 5.69 Å². The molecule has 0 unspecified atom stereocenters. The number of nitrogens with zero attached hydrogens (tertiary/aromatic N) is 2. The Bertz CT molecular complexity index is 771. The van der Waals surface area contributed by atoms with Crippen LogP contribution in [0.1, 0.15) is 25.1 Å². The predicted molar refractivity (Wildman–Crippen MR) is 98.3 cm³/mol. The first-order valence-electron chi connectivity index (χ1n) is 7.56. The second kappa shape index (κ2) is 8.72. The van der Waals surface area contributed by atoms with Crippen LogP contribution in [-0.4, -0.2) is 16.6 Å². The molecule has 1 aromatic carbocycles. The first-order chi connectivity index (χ1) is 11.5. The largest absolute Gasteiger partial charge is 0.325 e. The highest BCUT2D eigenvalue weighted by molar-refractivity contribution is 8.00. The van der Waals surface area contributed by atoms with Gasteiger partial charge in [-0.1, -0.05) is 43.3 Å². The van der Waals surface area contributed by atoms with Gasteiger partial charge in [0.25, 0.3) is 0 Å². The Hall–Kier alpha value is -2.03. The van der Waals surface area contributed by atoms with E-state index in [1.807, 2.05) is 6.07 Å². The number of aromatic nitrogens is 1. The molecule has 4 nitrogen and oxygen atoms in total. The van der Waals surface area contributed by atoms with Crippen molar-refractivity contribution in [1.82, 2.24) is 4.98 Å². The lowest BCUT2D eigenvalue weighted by molar-refractivity contribution is -0.113. The van der Waals surface area contributed by atoms with Gasteiger partial charge in [0.05, 0.1) is 11.3 Å². The van der Waals surface area contributed by atoms with Crippen molar-refractivity contribution < 1.29 is 4.79 Å². The number of pyridine rings is 1. The third-order valence-electron chi connectivity index (χ3n) is 3.10. The number of hydrogen-bond acceptors (Lipinski definition) is 4. The van der Waals surface area contributed by atoms with E-state index in [-0.39, 0.29) is 11.7 Å². The Morgan fingerprint density at radius 1 is 1.38 bits per heavy atom. The van der Waals surface area contributed by atoms with Gasteiger partial charge in [0, 0.05) is 16.4 Å². The molecule has 0 aliphatic heterocycles. The van der Waals surface area contributed by atoms with Crippen LogP contribution in [0.25, 0.3) is 0 Å². The van der Waals surface area contributed by atoms with E-state index in [2.05, 4.69) is 30.2 Å². The minimum absolute atomic E-state index is 0.165. The summed E-state index contributed by atoms with van der Waals surface area (Å²) in [7, 11) is 0. The SMILES string of the molecule is CC(C)Cc1ccc(C#N)c(SCC(=O)Nc2cccc(Cl)c2)n1. The predicted octanol–water partition coefficient (Wildman–Crippen LogP) is 4.54. The Labute approximate surface area is 151 Å². The van der Waals surface area contributed by atoms with Crippen molar-refractivity contribution in [2.45, 2.75) is 25.3 Å². The fraction of sp³-hybridized carbons (Fsp3) is 0.278. The summed E-state index contributed by atoms with van der Waals surface area (Å²) in [6.45, 7) is 4.23. The molecule has 24 heavy (non-hydrogen) atoms. The van der Waals surface area contributed by atoms with E-state index in [4.69, 9.17) is 11.6 Å². The Balaban J connectivity index is 2.02. The standard InChI is InChI=1S/C18H18ClN3OS/c1-12(2)8-16-7-6-13(10-20)18(22-16)24-11-17(23)21-15-5-3-4-14(19)9-15/h3-7,9,12H,8,11H2,1-2H3,(H,21,23). The Morgan fingerprint density at radius 2 is 2.17 bits per heavy atom. The topological polar surface area (TPSA) is 65.8 Å². The molecule has 0 bridgehead atoms. The molecule has 1 amide bonds. The van der Waals surface area contributed by atoms with E-state index in [9.17, 15) is 10.1 Å². The lowest BCUT2D eigenvalue weighted by Crippen LogP contribution is -2.14. The van der Waals surface area contributed by atoms with Crippen LogP contribution in [0.5, 0.6) is 0 Å². The van der Waals surface area contributed by atoms with Crippen LogP contribution < -0.4 is 5.32 Å². The van der Waals surface area contributed by atoms with E-state index >= 15 is 0 Å². The first-order valence-corrected chi connectivity index (χ1v) is 8.92. The molecular weight excluding hydrogens is 342 g/mol. The number of nitrogens with one attached hydrogen (secondary N) is 1. The van der Waals surface area contributed by atoms with Crippen LogP contribution >= 0.6 is 23.4 Å². The average Bonchev–Trinajstić information content (AvgIpc) is 2.52. The van der Waals surface area contributed by atoms with E-state index in [1.165, 1.54) is 11.8 Å². The Morgan fingerprint density at radius 3 is 2.83 bits per heavy atom. The van der Waals surface area contributed by atoms with Gasteiger partial charge in [-0.25, -0.2) is 4.98 Å². The zero-order chi connectivity index (χ0) is 17.5. The van der Waals surface area contributed by atoms with Crippen molar-refractivity contribution >= 4 is 35.0 Å². The van der Waals surface area contributed by atoms with E-state index < -0.39 is 0 Å². The van der Waals surface area contributed by atoms with Crippen molar-refractivity contribution in [3.63, 3.8) is 0 Å². The maximum atomic E-state index is 12.1. The van der Waals surface area contributed by atoms with Gasteiger partial charge in [0.1, 0.15) is 11.1 Å². The fourth-order valence-electron chi connectivity index (χ4n) is 2.10. The van der Waals surface area contributed by atoms with Gasteiger partial charge in [-0.3, -0.25) is 4.79 Å². The van der Waals surface area contributed by atoms with Crippen LogP contribution in [-0.2, 0) is 11.2 Å². The first kappa shape index (κ1) is 18.3. The number of carbonyl (C=O) groups excluding carboxylic acids is 1. The normalized spacial score (nSPS) is 10.5. The molecule has 1 aromatic heterocycles. The molecule has 0 fully saturated rings. The van der Waals surface area contributed by atoms with Gasteiger partial charge < -0.3 is 5.32 Å². The number of halogens is 1. The van der Waals surface area contributed by atoms with Gasteiger partial charge in [-0.2, -0.15) is 5.26 Å². The highest BCUT2D eigenvalue weighted by Crippen LogP contribution is 2.22. The smallest absolute Gasteiger partial charge is 0.234 e. The van der Waals surface area contributed by atoms with Crippen molar-refractivity contribution in [2.75, 3.05) is 11.1 Å². The van der Waals surface area contributed by atoms with Crippen LogP contribution in [0, 0.1) is 17.2 Å². The van der Waals surface area contributed by atoms with Gasteiger partial charge in [-0.05, 0) is 42.7 Å². The van der Waals surface area contributed by atoms with Crippen LogP contribution in [0.3, 0.4) is 0 Å². The number of rotatable bonds is 6. The summed E-state index contributed by atoms with van der Waals surface area (Å²) >= 11 is 7.16. The molecule has 6 heteroatoms. The van der Waals surface area contributed by atoms with Crippen molar-refractivity contribution in [3.8, 4) is 6.07 Å². The van der Waals surface area contributed by atoms with Crippen LogP contribution in [0.15, 0.2) is 41.4 Å². The third-order valence-corrected chi connectivity index (χ3v) is 4.33. The summed E-state index contributed by atoms with van der Waals surface area (Å²) in [4.78, 5) is 16.6. The highest BCUT2D eigenvalue weighted by atomic mass is 35.5. The molecule has 0 atom stereocenters. The lowest BCUT2D eigenvalue weighted by atomic mass is 10.1. The maximum Gasteiger partial charge on any atom is 0.234 e. The van der Waals surface area contributed by atoms with Gasteiger partial charge >= 0.3 is 0 Å². The van der Waals surface area contributed by atoms with E-state index in [0.717, 1.165) is 12.1 Å². The summed E-state index contributed by atoms with van der Waals surface area (Å²) in [5, 5.41) is 13.1. The number of carbonyl (C=O) groups is 1. The van der Waals surface area contributed by atoms with Gasteiger partial charge in [0.2, 0.25) is 5.91 Å². The summed E-state index contributed by atoms with van der Waals surface area (Å²) < 4.78 is 0. The molecule has 1 heterocycles. The molecule has 0 aliphatic carbocycles. The zero-order valence-corrected chi connectivity index (χ0v) is 15.1. The summed E-state index contributed by atoms with van der Waals surface area (Å²) in [6, 6.07) is 12.7. The summed E-state index contributed by atoms with van der Waals surface area (Å²) in [5.41, 5.74) is 2.07. The molecular formula is C18H18ClN3OS. The second-order valence-corrected chi connectivity index (χ2v) is 7.11.